The third-order valence-electron chi connectivity index (χ3n) is 6.68. The van der Waals surface area contributed by atoms with Gasteiger partial charge in [0.2, 0.25) is 0 Å². The number of aromatic nitrogens is 3. The second-order valence-corrected chi connectivity index (χ2v) is 9.78. The quantitative estimate of drug-likeness (QED) is 0.178. The molecule has 0 saturated carbocycles. The van der Waals surface area contributed by atoms with Crippen molar-refractivity contribution in [3.8, 4) is 34.0 Å². The van der Waals surface area contributed by atoms with Gasteiger partial charge in [0.1, 0.15) is 17.9 Å². The predicted octanol–water partition coefficient (Wildman–Crippen LogP) is 8.93. The zero-order valence-electron chi connectivity index (χ0n) is 22.9. The lowest BCUT2D eigenvalue weighted by Crippen LogP contribution is -2.19. The summed E-state index contributed by atoms with van der Waals surface area (Å²) >= 11 is 0. The van der Waals surface area contributed by atoms with Crippen molar-refractivity contribution in [3.05, 3.63) is 119 Å². The number of aromatic carboxylic acids is 1. The maximum absolute atomic E-state index is 13.9. The van der Waals surface area contributed by atoms with Crippen molar-refractivity contribution in [3.63, 3.8) is 0 Å². The summed E-state index contributed by atoms with van der Waals surface area (Å²) in [5.41, 5.74) is -3.99. The van der Waals surface area contributed by atoms with Crippen molar-refractivity contribution in [1.29, 1.82) is 0 Å². The molecule has 0 bridgehead atoms. The average molecular weight is 651 g/mol. The number of carboxylic acids is 1. The van der Waals surface area contributed by atoms with Gasteiger partial charge in [0, 0.05) is 5.56 Å². The van der Waals surface area contributed by atoms with E-state index in [0.29, 0.717) is 35.0 Å². The maximum atomic E-state index is 13.9. The minimum Gasteiger partial charge on any atom is -0.488 e. The normalized spacial score (nSPS) is 12.3. The second-order valence-electron chi connectivity index (χ2n) is 9.78. The molecule has 15 heteroatoms. The van der Waals surface area contributed by atoms with Crippen LogP contribution in [0.15, 0.2) is 91.1 Å². The van der Waals surface area contributed by atoms with Gasteiger partial charge in [-0.2, -0.15) is 44.6 Å². The number of halogens is 9. The first kappa shape index (κ1) is 32.1. The van der Waals surface area contributed by atoms with Crippen molar-refractivity contribution in [2.75, 3.05) is 0 Å². The number of hydrogen-bond donors (Lipinski definition) is 1. The highest BCUT2D eigenvalue weighted by Crippen LogP contribution is 2.38. The second kappa shape index (κ2) is 11.9. The van der Waals surface area contributed by atoms with Crippen LogP contribution in [0, 0.1) is 0 Å². The van der Waals surface area contributed by atoms with Gasteiger partial charge in [0.05, 0.1) is 23.0 Å². The van der Waals surface area contributed by atoms with E-state index in [1.165, 1.54) is 36.4 Å². The molecule has 0 radical (unpaired) electrons. The van der Waals surface area contributed by atoms with E-state index < -0.39 is 58.4 Å². The van der Waals surface area contributed by atoms with Crippen LogP contribution in [0.4, 0.5) is 39.5 Å². The fourth-order valence-corrected chi connectivity index (χ4v) is 4.49. The van der Waals surface area contributed by atoms with Crippen LogP contribution >= 0.6 is 0 Å². The van der Waals surface area contributed by atoms with E-state index in [1.54, 1.807) is 24.3 Å². The van der Waals surface area contributed by atoms with E-state index in [4.69, 9.17) is 4.74 Å². The van der Waals surface area contributed by atoms with Crippen molar-refractivity contribution >= 4 is 5.97 Å². The smallest absolute Gasteiger partial charge is 0.434 e. The Balaban J connectivity index is 1.46. The van der Waals surface area contributed by atoms with E-state index in [0.717, 1.165) is 12.1 Å². The van der Waals surface area contributed by atoms with Gasteiger partial charge in [-0.05, 0) is 53.1 Å². The van der Waals surface area contributed by atoms with Gasteiger partial charge >= 0.3 is 24.5 Å². The zero-order chi connectivity index (χ0) is 33.4. The lowest BCUT2D eigenvalue weighted by Gasteiger charge is -2.16. The van der Waals surface area contributed by atoms with Crippen molar-refractivity contribution in [1.82, 2.24) is 14.8 Å². The molecular formula is C31H18F9N3O3. The number of carboxylic acid groups (broad SMARTS) is 1. The van der Waals surface area contributed by atoms with Crippen LogP contribution in [-0.2, 0) is 25.1 Å². The largest absolute Gasteiger partial charge is 0.488 e. The fourth-order valence-electron chi connectivity index (χ4n) is 4.49. The molecule has 2 aromatic heterocycles. The number of benzene rings is 3. The molecule has 2 heterocycles. The summed E-state index contributed by atoms with van der Waals surface area (Å²) < 4.78 is 128. The van der Waals surface area contributed by atoms with Gasteiger partial charge in [-0.1, -0.05) is 48.5 Å². The summed E-state index contributed by atoms with van der Waals surface area (Å²) in [4.78, 5) is 15.4. The number of pyridine rings is 1. The van der Waals surface area contributed by atoms with Gasteiger partial charge in [-0.3, -0.25) is 0 Å². The number of para-hydroxylation sites is 1. The van der Waals surface area contributed by atoms with Crippen molar-refractivity contribution < 1.29 is 54.2 Å². The molecule has 0 saturated heterocycles. The van der Waals surface area contributed by atoms with E-state index in [-0.39, 0.29) is 22.6 Å². The maximum Gasteiger partial charge on any atom is 0.434 e. The van der Waals surface area contributed by atoms with Crippen LogP contribution in [0.25, 0.3) is 28.2 Å². The highest BCUT2D eigenvalue weighted by atomic mass is 19.4. The van der Waals surface area contributed by atoms with Gasteiger partial charge in [0.25, 0.3) is 0 Å². The lowest BCUT2D eigenvalue weighted by molar-refractivity contribution is -0.143. The Bertz CT molecular complexity index is 1880. The topological polar surface area (TPSA) is 77.2 Å². The minimum atomic E-state index is -5.30. The molecule has 6 nitrogen and oxygen atoms in total. The lowest BCUT2D eigenvalue weighted by atomic mass is 10.0. The van der Waals surface area contributed by atoms with E-state index in [2.05, 4.69) is 10.1 Å². The number of rotatable bonds is 7. The Hall–Kier alpha value is -5.34. The number of ether oxygens (including phenoxy) is 1. The van der Waals surface area contributed by atoms with Crippen molar-refractivity contribution in [2.45, 2.75) is 25.1 Å². The minimum absolute atomic E-state index is 0.0100. The Morgan fingerprint density at radius 3 is 1.89 bits per heavy atom. The monoisotopic (exact) mass is 651 g/mol. The van der Waals surface area contributed by atoms with Gasteiger partial charge in [0.15, 0.2) is 11.5 Å². The number of carbonyl (C=O) groups is 1. The first-order chi connectivity index (χ1) is 21.5. The fraction of sp³-hybridized carbons (Fsp3) is 0.129. The van der Waals surface area contributed by atoms with Gasteiger partial charge < -0.3 is 9.84 Å². The molecule has 5 aromatic rings. The van der Waals surface area contributed by atoms with Crippen molar-refractivity contribution in [2.24, 2.45) is 0 Å². The summed E-state index contributed by atoms with van der Waals surface area (Å²) in [7, 11) is 0. The van der Waals surface area contributed by atoms with Crippen LogP contribution < -0.4 is 4.74 Å². The summed E-state index contributed by atoms with van der Waals surface area (Å²) in [5.74, 6) is -2.90. The van der Waals surface area contributed by atoms with Gasteiger partial charge in [-0.25, -0.2) is 14.5 Å². The number of nitrogens with zero attached hydrogens (tertiary/aromatic N) is 3. The molecule has 238 valence electrons. The number of alkyl halides is 9. The third-order valence-corrected chi connectivity index (χ3v) is 6.68. The summed E-state index contributed by atoms with van der Waals surface area (Å²) in [6.45, 7) is -0.116. The molecule has 46 heavy (non-hydrogen) atoms. The van der Waals surface area contributed by atoms with Crippen LogP contribution in [0.5, 0.6) is 5.75 Å². The molecule has 0 fully saturated rings. The molecule has 1 N–H and O–H groups in total. The van der Waals surface area contributed by atoms with Crippen LogP contribution in [-0.4, -0.2) is 25.8 Å². The molecule has 0 atom stereocenters. The van der Waals surface area contributed by atoms with Crippen LogP contribution in [0.2, 0.25) is 0 Å². The molecule has 0 aliphatic rings. The molecule has 3 aromatic carbocycles. The Kier molecular flexibility index (Phi) is 8.28. The first-order valence-electron chi connectivity index (χ1n) is 13.0. The standard InChI is InChI=1S/C31H18F9N3O3/c32-29(33,34)20-11-9-19(10-12-20)18-7-5-17(6-8-18)16-46-25-4-2-1-3-22(25)24-13-21(30(35,36)37)14-26(42-24)43-27(31(38,39)40)23(15-41-43)28(44)45/h1-15H,16H2,(H,44,45). The summed E-state index contributed by atoms with van der Waals surface area (Å²) in [6.07, 6.45) is -14.4. The number of hydrogen-bond acceptors (Lipinski definition) is 4. The Morgan fingerprint density at radius 1 is 0.739 bits per heavy atom. The first-order valence-corrected chi connectivity index (χ1v) is 13.0. The molecule has 0 aliphatic carbocycles. The highest BCUT2D eigenvalue weighted by Gasteiger charge is 2.42. The van der Waals surface area contributed by atoms with Crippen LogP contribution in [0.1, 0.15) is 32.7 Å². The summed E-state index contributed by atoms with van der Waals surface area (Å²) in [5, 5.41) is 12.6. The zero-order valence-corrected chi connectivity index (χ0v) is 22.9. The van der Waals surface area contributed by atoms with E-state index in [9.17, 15) is 49.4 Å². The Labute approximate surface area is 253 Å². The molecule has 0 amide bonds. The third kappa shape index (κ3) is 6.82. The van der Waals surface area contributed by atoms with E-state index >= 15 is 0 Å². The van der Waals surface area contributed by atoms with Crippen LogP contribution in [0.3, 0.4) is 0 Å². The molecule has 0 aliphatic heterocycles. The molecular weight excluding hydrogens is 633 g/mol. The molecule has 0 unspecified atom stereocenters. The SMILES string of the molecule is O=C(O)c1cnn(-c2cc(C(F)(F)F)cc(-c3ccccc3OCc3ccc(-c4ccc(C(F)(F)F)cc4)cc3)n2)c1C(F)(F)F. The Morgan fingerprint density at radius 2 is 1.33 bits per heavy atom. The highest BCUT2D eigenvalue weighted by molar-refractivity contribution is 5.89. The van der Waals surface area contributed by atoms with Gasteiger partial charge in [-0.15, -0.1) is 0 Å². The molecule has 0 spiro atoms. The predicted molar refractivity (Wildman–Crippen MR) is 145 cm³/mol. The molecule has 5 rings (SSSR count). The van der Waals surface area contributed by atoms with E-state index in [1.807, 2.05) is 0 Å². The summed E-state index contributed by atoms with van der Waals surface area (Å²) in [6, 6.07) is 17.7. The average Bonchev–Trinajstić information content (AvgIpc) is 3.47.